The van der Waals surface area contributed by atoms with E-state index < -0.39 is 5.97 Å². The van der Waals surface area contributed by atoms with E-state index in [4.69, 9.17) is 14.6 Å². The predicted molar refractivity (Wildman–Crippen MR) is 151 cm³/mol. The molecule has 0 amide bonds. The van der Waals surface area contributed by atoms with Crippen LogP contribution in [0, 0.1) is 56.2 Å². The molecule has 10 atom stereocenters. The molecule has 6 nitrogen and oxygen atoms in total. The second-order valence-electron chi connectivity index (χ2n) is 16.9. The first kappa shape index (κ1) is 28.5. The van der Waals surface area contributed by atoms with Gasteiger partial charge < -0.3 is 14.6 Å². The summed E-state index contributed by atoms with van der Waals surface area (Å²) in [7, 11) is 0. The number of carboxylic acid groups (broad SMARTS) is 1. The second-order valence-corrected chi connectivity index (χ2v) is 16.9. The second kappa shape index (κ2) is 8.72. The van der Waals surface area contributed by atoms with Crippen molar-refractivity contribution in [3.8, 4) is 0 Å². The Balaban J connectivity index is 1.28. The van der Waals surface area contributed by atoms with Crippen molar-refractivity contribution in [2.45, 2.75) is 138 Å². The average molecular weight is 557 g/mol. The lowest BCUT2D eigenvalue weighted by atomic mass is 9.31. The molecule has 0 aromatic carbocycles. The van der Waals surface area contributed by atoms with Crippen molar-refractivity contribution in [2.24, 2.45) is 56.2 Å². The van der Waals surface area contributed by atoms with Gasteiger partial charge >= 0.3 is 17.9 Å². The lowest BCUT2D eigenvalue weighted by molar-refractivity contribution is -0.254. The van der Waals surface area contributed by atoms with Gasteiger partial charge in [-0.25, -0.2) is 0 Å². The molecule has 1 heterocycles. The fourth-order valence-corrected chi connectivity index (χ4v) is 12.4. The molecule has 0 aromatic rings. The van der Waals surface area contributed by atoms with Crippen molar-refractivity contribution in [2.75, 3.05) is 0 Å². The molecule has 5 aliphatic carbocycles. The number of hydrogen-bond acceptors (Lipinski definition) is 5. The summed E-state index contributed by atoms with van der Waals surface area (Å²) in [5.74, 6) is 0.697. The summed E-state index contributed by atoms with van der Waals surface area (Å²) in [6, 6.07) is 0. The third-order valence-electron chi connectivity index (χ3n) is 14.8. The Hall–Kier alpha value is -1.59. The van der Waals surface area contributed by atoms with Gasteiger partial charge in [0.1, 0.15) is 12.2 Å². The summed E-state index contributed by atoms with van der Waals surface area (Å²) in [4.78, 5) is 37.0. The van der Waals surface area contributed by atoms with Gasteiger partial charge in [-0.1, -0.05) is 48.5 Å². The standard InChI is InChI=1S/C34H52O6/c1-29(2)16-18-34-19-17-32(6)20(26(34)27(29)40-28(34)38)8-9-22-31(5)14-13-23(39-25(37)11-10-24(35)36)30(3,4)21(31)12-15-33(22,32)7/h20-23,26-27H,8-19H2,1-7H3,(H,35,36)/t20?,21?,22?,23?,26?,27?,31-,32+,33+,34?/m0/s1. The molecule has 1 N–H and O–H groups in total. The Kier molecular flexibility index (Phi) is 6.22. The summed E-state index contributed by atoms with van der Waals surface area (Å²) >= 11 is 0. The molecule has 1 aliphatic heterocycles. The maximum atomic E-state index is 13.4. The molecule has 2 bridgehead atoms. The smallest absolute Gasteiger partial charge is 0.312 e. The molecule has 6 heteroatoms. The first-order chi connectivity index (χ1) is 18.5. The molecule has 224 valence electrons. The van der Waals surface area contributed by atoms with Crippen molar-refractivity contribution in [3.05, 3.63) is 0 Å². The molecule has 0 aromatic heterocycles. The number of aliphatic carboxylic acids is 1. The maximum absolute atomic E-state index is 13.4. The summed E-state index contributed by atoms with van der Waals surface area (Å²) in [5, 5.41) is 9.00. The van der Waals surface area contributed by atoms with Crippen LogP contribution in [0.5, 0.6) is 0 Å². The number of hydrogen-bond donors (Lipinski definition) is 1. The van der Waals surface area contributed by atoms with Gasteiger partial charge in [0.15, 0.2) is 0 Å². The van der Waals surface area contributed by atoms with Gasteiger partial charge in [-0.05, 0) is 98.2 Å². The molecule has 6 fully saturated rings. The van der Waals surface area contributed by atoms with E-state index in [2.05, 4.69) is 48.5 Å². The first-order valence-electron chi connectivity index (χ1n) is 16.2. The van der Waals surface area contributed by atoms with Crippen molar-refractivity contribution in [3.63, 3.8) is 0 Å². The summed E-state index contributed by atoms with van der Waals surface area (Å²) in [6.07, 6.45) is 10.4. The molecule has 7 unspecified atom stereocenters. The molecule has 1 saturated heterocycles. The van der Waals surface area contributed by atoms with E-state index in [0.29, 0.717) is 23.7 Å². The quantitative estimate of drug-likeness (QED) is 0.369. The fraction of sp³-hybridized carbons (Fsp3) is 0.912. The topological polar surface area (TPSA) is 89.9 Å². The van der Waals surface area contributed by atoms with Crippen LogP contribution in [0.1, 0.15) is 126 Å². The average Bonchev–Trinajstić information content (AvgIpc) is 3.12. The SMILES string of the molecule is CC1(C)CCC23CC[C@]4(C)C(CCC5[C@@]6(C)CCC(OC(=O)CCC(=O)O)C(C)(C)C6CC[C@]54C)C2C1OC3=O. The van der Waals surface area contributed by atoms with Gasteiger partial charge in [-0.3, -0.25) is 14.4 Å². The third kappa shape index (κ3) is 3.55. The lowest BCUT2D eigenvalue weighted by Gasteiger charge is -2.73. The number of carbonyl (C=O) groups is 3. The van der Waals surface area contributed by atoms with Crippen LogP contribution in [0.3, 0.4) is 0 Å². The van der Waals surface area contributed by atoms with Crippen LogP contribution in [-0.4, -0.2) is 35.2 Å². The van der Waals surface area contributed by atoms with Crippen molar-refractivity contribution >= 4 is 17.9 Å². The highest BCUT2D eigenvalue weighted by Gasteiger charge is 2.75. The van der Waals surface area contributed by atoms with Crippen LogP contribution in [0.25, 0.3) is 0 Å². The molecule has 0 radical (unpaired) electrons. The third-order valence-corrected chi connectivity index (χ3v) is 14.8. The minimum absolute atomic E-state index is 0.0459. The summed E-state index contributed by atoms with van der Waals surface area (Å²) < 4.78 is 12.3. The van der Waals surface area contributed by atoms with Crippen LogP contribution in [0.2, 0.25) is 0 Å². The van der Waals surface area contributed by atoms with Crippen molar-refractivity contribution in [1.82, 2.24) is 0 Å². The van der Waals surface area contributed by atoms with Gasteiger partial charge in [0, 0.05) is 16.7 Å². The van der Waals surface area contributed by atoms with Crippen molar-refractivity contribution in [1.29, 1.82) is 0 Å². The Morgan fingerprint density at radius 1 is 0.825 bits per heavy atom. The highest BCUT2D eigenvalue weighted by atomic mass is 16.6. The molecule has 40 heavy (non-hydrogen) atoms. The van der Waals surface area contributed by atoms with Crippen LogP contribution in [-0.2, 0) is 23.9 Å². The van der Waals surface area contributed by atoms with Crippen LogP contribution in [0.4, 0.5) is 0 Å². The summed E-state index contributed by atoms with van der Waals surface area (Å²) in [6.45, 7) is 16.9. The molecular weight excluding hydrogens is 504 g/mol. The Morgan fingerprint density at radius 2 is 1.52 bits per heavy atom. The number of rotatable bonds is 4. The number of esters is 2. The van der Waals surface area contributed by atoms with Gasteiger partial charge in [-0.15, -0.1) is 0 Å². The Labute approximate surface area is 240 Å². The first-order valence-corrected chi connectivity index (χ1v) is 16.2. The minimum atomic E-state index is -0.961. The number of ether oxygens (including phenoxy) is 2. The van der Waals surface area contributed by atoms with Gasteiger partial charge in [0.2, 0.25) is 0 Å². The highest BCUT2D eigenvalue weighted by Crippen LogP contribution is 2.78. The van der Waals surface area contributed by atoms with Crippen LogP contribution in [0.15, 0.2) is 0 Å². The van der Waals surface area contributed by atoms with Gasteiger partial charge in [0.25, 0.3) is 0 Å². The normalized spacial score (nSPS) is 49.9. The highest BCUT2D eigenvalue weighted by molar-refractivity contribution is 5.81. The fourth-order valence-electron chi connectivity index (χ4n) is 12.4. The number of carbonyl (C=O) groups excluding carboxylic acids is 2. The Morgan fingerprint density at radius 3 is 2.23 bits per heavy atom. The van der Waals surface area contributed by atoms with Crippen LogP contribution < -0.4 is 0 Å². The molecule has 6 aliphatic rings. The zero-order chi connectivity index (χ0) is 29.1. The largest absolute Gasteiger partial charge is 0.481 e. The van der Waals surface area contributed by atoms with E-state index in [9.17, 15) is 14.4 Å². The zero-order valence-electron chi connectivity index (χ0n) is 25.9. The molecular formula is C34H52O6. The van der Waals surface area contributed by atoms with E-state index in [-0.39, 0.29) is 69.5 Å². The van der Waals surface area contributed by atoms with E-state index in [1.165, 1.54) is 19.3 Å². The van der Waals surface area contributed by atoms with E-state index in [1.54, 1.807) is 0 Å². The minimum Gasteiger partial charge on any atom is -0.481 e. The molecule has 6 rings (SSSR count). The Bertz CT molecular complexity index is 1110. The van der Waals surface area contributed by atoms with Crippen LogP contribution >= 0.6 is 0 Å². The number of carboxylic acids is 1. The zero-order valence-corrected chi connectivity index (χ0v) is 25.9. The summed E-state index contributed by atoms with van der Waals surface area (Å²) in [5.41, 5.74) is 0.189. The van der Waals surface area contributed by atoms with E-state index in [1.807, 2.05) is 0 Å². The van der Waals surface area contributed by atoms with E-state index >= 15 is 0 Å². The van der Waals surface area contributed by atoms with Gasteiger partial charge in [-0.2, -0.15) is 0 Å². The predicted octanol–water partition coefficient (Wildman–Crippen LogP) is 7.18. The maximum Gasteiger partial charge on any atom is 0.312 e. The lowest BCUT2D eigenvalue weighted by Crippen LogP contribution is -2.68. The van der Waals surface area contributed by atoms with Crippen molar-refractivity contribution < 1.29 is 29.0 Å². The molecule has 5 saturated carbocycles. The monoisotopic (exact) mass is 556 g/mol. The molecule has 0 spiro atoms. The number of fused-ring (bicyclic) bond motifs is 5. The van der Waals surface area contributed by atoms with Gasteiger partial charge in [0.05, 0.1) is 18.3 Å². The van der Waals surface area contributed by atoms with E-state index in [0.717, 1.165) is 44.9 Å².